The maximum Gasteiger partial charge on any atom is 0.226 e. The Kier molecular flexibility index (Phi) is 5.49. The van der Waals surface area contributed by atoms with Crippen molar-refractivity contribution in [2.24, 2.45) is 0 Å². The van der Waals surface area contributed by atoms with E-state index in [2.05, 4.69) is 15.6 Å². The van der Waals surface area contributed by atoms with E-state index in [1.807, 2.05) is 50.4 Å². The molecule has 0 atom stereocenters. The van der Waals surface area contributed by atoms with E-state index in [1.165, 1.54) is 6.07 Å². The number of halogens is 1. The van der Waals surface area contributed by atoms with Gasteiger partial charge in [-0.2, -0.15) is 0 Å². The Bertz CT molecular complexity index is 1410. The van der Waals surface area contributed by atoms with Gasteiger partial charge in [0.25, 0.3) is 0 Å². The minimum absolute atomic E-state index is 0.234. The molecule has 5 rings (SSSR count). The number of thioether (sulfide) groups is 1. The molecule has 0 aliphatic heterocycles. The highest BCUT2D eigenvalue weighted by Gasteiger charge is 2.17. The van der Waals surface area contributed by atoms with E-state index in [1.54, 1.807) is 30.1 Å². The van der Waals surface area contributed by atoms with Crippen molar-refractivity contribution in [2.75, 3.05) is 0 Å². The highest BCUT2D eigenvalue weighted by atomic mass is 32.2. The smallest absolute Gasteiger partial charge is 0.226 e. The first kappa shape index (κ1) is 20.5. The third-order valence-corrected chi connectivity index (χ3v) is 6.29. The van der Waals surface area contributed by atoms with Gasteiger partial charge in [-0.1, -0.05) is 41.6 Å². The van der Waals surface area contributed by atoms with Crippen molar-refractivity contribution in [3.05, 3.63) is 95.4 Å². The molecule has 0 saturated carbocycles. The van der Waals surface area contributed by atoms with Crippen LogP contribution >= 0.6 is 11.8 Å². The summed E-state index contributed by atoms with van der Waals surface area (Å²) in [5.74, 6) is 1.76. The van der Waals surface area contributed by atoms with Crippen molar-refractivity contribution in [1.29, 1.82) is 0 Å². The highest BCUT2D eigenvalue weighted by molar-refractivity contribution is 7.98. The second kappa shape index (κ2) is 8.59. The second-order valence-electron chi connectivity index (χ2n) is 7.65. The number of aromatic nitrogens is 4. The van der Waals surface area contributed by atoms with Gasteiger partial charge in [0.05, 0.1) is 23.8 Å². The summed E-state index contributed by atoms with van der Waals surface area (Å²) in [7, 11) is 0. The zero-order valence-corrected chi connectivity index (χ0v) is 18.6. The average Bonchev–Trinajstić information content (AvgIpc) is 3.33. The van der Waals surface area contributed by atoms with Gasteiger partial charge in [0.2, 0.25) is 5.89 Å². The fourth-order valence-corrected chi connectivity index (χ4v) is 4.57. The number of rotatable bonds is 6. The van der Waals surface area contributed by atoms with Crippen LogP contribution in [-0.2, 0) is 12.3 Å². The van der Waals surface area contributed by atoms with Crippen molar-refractivity contribution in [1.82, 2.24) is 19.5 Å². The number of hydrogen-bond donors (Lipinski definition) is 0. The standard InChI is InChI=1S/C25H21FN4OS/c1-16-5-3-7-19(11-16)24-28-22(17(2)31-24)14-30-23-13-27-10-9-21(23)29-25(30)32-15-18-6-4-8-20(26)12-18/h3-13H,14-15H2,1-2H3. The number of aryl methyl sites for hydroxylation is 2. The maximum atomic E-state index is 13.6. The molecule has 0 spiro atoms. The summed E-state index contributed by atoms with van der Waals surface area (Å²) >= 11 is 1.56. The lowest BCUT2D eigenvalue weighted by Gasteiger charge is -2.08. The minimum atomic E-state index is -0.234. The molecule has 5 aromatic rings. The molecule has 5 nitrogen and oxygen atoms in total. The van der Waals surface area contributed by atoms with Crippen LogP contribution in [0.3, 0.4) is 0 Å². The Morgan fingerprint density at radius 3 is 2.75 bits per heavy atom. The van der Waals surface area contributed by atoms with Crippen molar-refractivity contribution in [2.45, 2.75) is 31.3 Å². The van der Waals surface area contributed by atoms with Crippen molar-refractivity contribution in [3.8, 4) is 11.5 Å². The summed E-state index contributed by atoms with van der Waals surface area (Å²) in [4.78, 5) is 13.8. The van der Waals surface area contributed by atoms with Crippen molar-refractivity contribution >= 4 is 22.8 Å². The summed E-state index contributed by atoms with van der Waals surface area (Å²) < 4.78 is 21.7. The van der Waals surface area contributed by atoms with Crippen LogP contribution in [0.2, 0.25) is 0 Å². The van der Waals surface area contributed by atoms with Gasteiger partial charge in [-0.15, -0.1) is 0 Å². The number of fused-ring (bicyclic) bond motifs is 1. The fourth-order valence-electron chi connectivity index (χ4n) is 3.61. The third-order valence-electron chi connectivity index (χ3n) is 5.24. The Hall–Kier alpha value is -3.45. The summed E-state index contributed by atoms with van der Waals surface area (Å²) in [5, 5.41) is 0.830. The molecule has 0 saturated heterocycles. The Balaban J connectivity index is 1.48. The number of nitrogens with zero attached hydrogens (tertiary/aromatic N) is 4. The lowest BCUT2D eigenvalue weighted by Crippen LogP contribution is -2.03. The second-order valence-corrected chi connectivity index (χ2v) is 8.60. The number of hydrogen-bond acceptors (Lipinski definition) is 5. The molecule has 160 valence electrons. The van der Waals surface area contributed by atoms with Crippen LogP contribution in [0.25, 0.3) is 22.5 Å². The van der Waals surface area contributed by atoms with Crippen LogP contribution in [0, 0.1) is 19.7 Å². The van der Waals surface area contributed by atoms with Gasteiger partial charge in [0.1, 0.15) is 17.3 Å². The monoisotopic (exact) mass is 444 g/mol. The average molecular weight is 445 g/mol. The normalized spacial score (nSPS) is 11.3. The molecule has 0 N–H and O–H groups in total. The van der Waals surface area contributed by atoms with Crippen LogP contribution in [0.1, 0.15) is 22.6 Å². The minimum Gasteiger partial charge on any atom is -0.441 e. The number of pyridine rings is 1. The Morgan fingerprint density at radius 1 is 1.03 bits per heavy atom. The highest BCUT2D eigenvalue weighted by Crippen LogP contribution is 2.29. The fraction of sp³-hybridized carbons (Fsp3) is 0.160. The zero-order valence-electron chi connectivity index (χ0n) is 17.7. The SMILES string of the molecule is Cc1cccc(-c2nc(Cn3c(SCc4cccc(F)c4)nc4ccncc43)c(C)o2)c1. The largest absolute Gasteiger partial charge is 0.441 e. The van der Waals surface area contributed by atoms with Crippen LogP contribution in [0.15, 0.2) is 76.6 Å². The molecule has 0 aliphatic rings. The van der Waals surface area contributed by atoms with Crippen LogP contribution in [0.5, 0.6) is 0 Å². The number of imidazole rings is 1. The van der Waals surface area contributed by atoms with Gasteiger partial charge >= 0.3 is 0 Å². The molecular weight excluding hydrogens is 423 g/mol. The van der Waals surface area contributed by atoms with Gasteiger partial charge in [-0.05, 0) is 49.7 Å². The Labute approximate surface area is 189 Å². The molecule has 0 unspecified atom stereocenters. The van der Waals surface area contributed by atoms with Crippen LogP contribution in [-0.4, -0.2) is 19.5 Å². The molecule has 0 amide bonds. The van der Waals surface area contributed by atoms with Gasteiger partial charge < -0.3 is 8.98 Å². The van der Waals surface area contributed by atoms with E-state index < -0.39 is 0 Å². The van der Waals surface area contributed by atoms with Crippen molar-refractivity contribution in [3.63, 3.8) is 0 Å². The predicted molar refractivity (Wildman–Crippen MR) is 124 cm³/mol. The molecule has 32 heavy (non-hydrogen) atoms. The Morgan fingerprint density at radius 2 is 1.91 bits per heavy atom. The summed E-state index contributed by atoms with van der Waals surface area (Å²) in [6.07, 6.45) is 3.54. The van der Waals surface area contributed by atoms with E-state index in [9.17, 15) is 4.39 Å². The topological polar surface area (TPSA) is 56.7 Å². The molecule has 0 fully saturated rings. The first-order valence-electron chi connectivity index (χ1n) is 10.3. The number of benzene rings is 2. The van der Waals surface area contributed by atoms with E-state index in [0.29, 0.717) is 18.2 Å². The van der Waals surface area contributed by atoms with Crippen LogP contribution < -0.4 is 0 Å². The molecule has 2 aromatic carbocycles. The van der Waals surface area contributed by atoms with Crippen molar-refractivity contribution < 1.29 is 8.81 Å². The lowest BCUT2D eigenvalue weighted by atomic mass is 10.1. The third kappa shape index (κ3) is 4.16. The zero-order chi connectivity index (χ0) is 22.1. The quantitative estimate of drug-likeness (QED) is 0.293. The van der Waals surface area contributed by atoms with Gasteiger partial charge in [0.15, 0.2) is 5.16 Å². The molecule has 0 radical (unpaired) electrons. The molecule has 0 bridgehead atoms. The predicted octanol–water partition coefficient (Wildman–Crippen LogP) is 6.18. The molecule has 3 aromatic heterocycles. The molecular formula is C25H21FN4OS. The van der Waals surface area contributed by atoms with Gasteiger partial charge in [0, 0.05) is 17.5 Å². The number of oxazole rings is 1. The van der Waals surface area contributed by atoms with E-state index >= 15 is 0 Å². The first-order chi connectivity index (χ1) is 15.6. The maximum absolute atomic E-state index is 13.6. The van der Waals surface area contributed by atoms with E-state index in [-0.39, 0.29) is 5.82 Å². The van der Waals surface area contributed by atoms with Gasteiger partial charge in [-0.25, -0.2) is 14.4 Å². The van der Waals surface area contributed by atoms with E-state index in [0.717, 1.165) is 44.3 Å². The summed E-state index contributed by atoms with van der Waals surface area (Å²) in [5.41, 5.74) is 5.65. The van der Waals surface area contributed by atoms with E-state index in [4.69, 9.17) is 14.4 Å². The molecule has 3 heterocycles. The summed E-state index contributed by atoms with van der Waals surface area (Å²) in [6.45, 7) is 4.49. The molecule has 7 heteroatoms. The van der Waals surface area contributed by atoms with Gasteiger partial charge in [-0.3, -0.25) is 4.98 Å². The van der Waals surface area contributed by atoms with Crippen LogP contribution in [0.4, 0.5) is 4.39 Å². The summed E-state index contributed by atoms with van der Waals surface area (Å²) in [6, 6.07) is 16.7. The molecule has 0 aliphatic carbocycles. The lowest BCUT2D eigenvalue weighted by molar-refractivity contribution is 0.537. The first-order valence-corrected chi connectivity index (χ1v) is 11.3.